The van der Waals surface area contributed by atoms with E-state index in [-0.39, 0.29) is 0 Å². The summed E-state index contributed by atoms with van der Waals surface area (Å²) in [6.45, 7) is 0.250. The van der Waals surface area contributed by atoms with Crippen LogP contribution >= 0.6 is 15.6 Å². The largest absolute Gasteiger partial charge is 0.483 e. The van der Waals surface area contributed by atoms with Crippen molar-refractivity contribution >= 4 is 15.6 Å². The van der Waals surface area contributed by atoms with Gasteiger partial charge in [-0.15, -0.1) is 0 Å². The van der Waals surface area contributed by atoms with Gasteiger partial charge in [0.2, 0.25) is 0 Å². The second kappa shape index (κ2) is 10.6. The molecule has 200 valence electrons. The maximum absolute atomic E-state index is 12.1. The van der Waals surface area contributed by atoms with Gasteiger partial charge in [-0.2, -0.15) is 4.31 Å². The average Bonchev–Trinajstić information content (AvgIpc) is 3.02. The number of aliphatic hydroxyl groups excluding tert-OH is 5. The van der Waals surface area contributed by atoms with Gasteiger partial charge in [-0.1, -0.05) is 0 Å². The van der Waals surface area contributed by atoms with Gasteiger partial charge in [0.1, 0.15) is 36.6 Å². The summed E-state index contributed by atoms with van der Waals surface area (Å²) < 4.78 is 48.3. The van der Waals surface area contributed by atoms with E-state index >= 15 is 0 Å². The lowest BCUT2D eigenvalue weighted by Gasteiger charge is -2.38. The van der Waals surface area contributed by atoms with Gasteiger partial charge in [0.25, 0.3) is 5.56 Å². The molecule has 2 fully saturated rings. The molecule has 1 aromatic rings. The number of ether oxygens (including phenoxy) is 2. The smallest absolute Gasteiger partial charge is 0.388 e. The molecule has 2 saturated heterocycles. The van der Waals surface area contributed by atoms with E-state index in [9.17, 15) is 54.0 Å². The molecule has 0 aromatic carbocycles. The van der Waals surface area contributed by atoms with Gasteiger partial charge >= 0.3 is 21.3 Å². The van der Waals surface area contributed by atoms with Crippen molar-refractivity contribution in [2.24, 2.45) is 0 Å². The Balaban J connectivity index is 1.61. The molecule has 2 aliphatic rings. The number of nitrogens with zero attached hydrogens (tertiary/aromatic N) is 1. The summed E-state index contributed by atoms with van der Waals surface area (Å²) in [4.78, 5) is 44.5. The average molecular weight is 550 g/mol. The van der Waals surface area contributed by atoms with Gasteiger partial charge in [-0.25, -0.2) is 13.9 Å². The fourth-order valence-corrected chi connectivity index (χ4v) is 5.45. The van der Waals surface area contributed by atoms with E-state index in [1.54, 1.807) is 0 Å². The SMILES string of the molecule is C[C@H]1OC(OP(=O)(O)OP(=O)(O)OC[C@H]2O[C@@H](n3ccc(=O)[nH]c3=O)C(O)[C@H]2O)[C@H](O)[C@@H](O)[C@H]1O. The summed E-state index contributed by atoms with van der Waals surface area (Å²) in [5.41, 5.74) is -1.72. The highest BCUT2D eigenvalue weighted by Gasteiger charge is 2.49. The third kappa shape index (κ3) is 6.51. The Labute approximate surface area is 195 Å². The van der Waals surface area contributed by atoms with Crippen molar-refractivity contribution in [1.82, 2.24) is 9.55 Å². The van der Waals surface area contributed by atoms with Crippen molar-refractivity contribution in [1.29, 1.82) is 0 Å². The minimum Gasteiger partial charge on any atom is -0.388 e. The van der Waals surface area contributed by atoms with Crippen molar-refractivity contribution in [2.75, 3.05) is 6.61 Å². The second-order valence-corrected chi connectivity index (χ2v) is 10.7. The van der Waals surface area contributed by atoms with E-state index < -0.39 is 88.7 Å². The summed E-state index contributed by atoms with van der Waals surface area (Å²) in [5, 5.41) is 49.4. The molecule has 0 radical (unpaired) electrons. The molecule has 0 amide bonds. The standard InChI is InChI=1S/C15H24N2O16P2/c1-5-8(19)10(21)12(23)14(30-5)32-35(27,28)33-34(25,26)29-4-6-9(20)11(22)13(31-6)17-3-2-7(18)16-15(17)24/h2-3,5-6,8-14,19-23H,4H2,1H3,(H,25,26)(H,27,28)(H,16,18,24)/t5-,6-,8+,9+,10+,11?,12-,13-,14?/m1/s1. The zero-order chi connectivity index (χ0) is 26.3. The number of aromatic amines is 1. The lowest BCUT2D eigenvalue weighted by molar-refractivity contribution is -0.271. The topological polar surface area (TPSA) is 277 Å². The summed E-state index contributed by atoms with van der Waals surface area (Å²) >= 11 is 0. The molecule has 8 N–H and O–H groups in total. The minimum absolute atomic E-state index is 0.737. The molecule has 2 aliphatic heterocycles. The van der Waals surface area contributed by atoms with E-state index in [1.165, 1.54) is 6.92 Å². The highest BCUT2D eigenvalue weighted by Crippen LogP contribution is 2.61. The van der Waals surface area contributed by atoms with Crippen LogP contribution < -0.4 is 11.2 Å². The van der Waals surface area contributed by atoms with Crippen molar-refractivity contribution in [3.8, 4) is 0 Å². The van der Waals surface area contributed by atoms with Crippen LogP contribution in [-0.4, -0.2) is 100 Å². The number of hydrogen-bond donors (Lipinski definition) is 8. The number of nitrogens with one attached hydrogen (secondary N) is 1. The van der Waals surface area contributed by atoms with Crippen LogP contribution in [-0.2, 0) is 32.0 Å². The Kier molecular flexibility index (Phi) is 8.52. The normalized spacial score (nSPS) is 39.1. The summed E-state index contributed by atoms with van der Waals surface area (Å²) in [6.07, 6.45) is -14.2. The molecule has 3 rings (SSSR count). The summed E-state index contributed by atoms with van der Waals surface area (Å²) in [7, 11) is -10.9. The highest BCUT2D eigenvalue weighted by atomic mass is 31.3. The maximum Gasteiger partial charge on any atom is 0.483 e. The molecule has 35 heavy (non-hydrogen) atoms. The zero-order valence-corrected chi connectivity index (χ0v) is 19.5. The first-order valence-corrected chi connectivity index (χ1v) is 12.8. The quantitative estimate of drug-likeness (QED) is 0.144. The molecule has 0 aliphatic carbocycles. The van der Waals surface area contributed by atoms with Gasteiger partial charge in [-0.05, 0) is 6.92 Å². The Morgan fingerprint density at radius 1 is 0.971 bits per heavy atom. The van der Waals surface area contributed by atoms with Crippen LogP contribution in [0.1, 0.15) is 13.2 Å². The first-order valence-electron chi connectivity index (χ1n) is 9.84. The first-order chi connectivity index (χ1) is 16.1. The number of rotatable bonds is 8. The number of aromatic nitrogens is 2. The molecule has 1 aromatic heterocycles. The molecule has 0 spiro atoms. The Bertz CT molecular complexity index is 1110. The van der Waals surface area contributed by atoms with Crippen LogP contribution in [0, 0.1) is 0 Å². The molecule has 4 unspecified atom stereocenters. The molecule has 18 nitrogen and oxygen atoms in total. The number of aliphatic hydroxyl groups is 5. The number of hydrogen-bond acceptors (Lipinski definition) is 14. The van der Waals surface area contributed by atoms with Crippen LogP contribution in [0.15, 0.2) is 21.9 Å². The van der Waals surface area contributed by atoms with Crippen molar-refractivity contribution in [2.45, 2.75) is 62.2 Å². The molecule has 0 bridgehead atoms. The molecule has 20 heteroatoms. The lowest BCUT2D eigenvalue weighted by atomic mass is 10.0. The number of phosphoric acid groups is 2. The van der Waals surface area contributed by atoms with Crippen molar-refractivity contribution in [3.05, 3.63) is 33.1 Å². The Morgan fingerprint density at radius 2 is 1.63 bits per heavy atom. The van der Waals surface area contributed by atoms with Gasteiger partial charge in [-0.3, -0.25) is 23.4 Å². The first kappa shape index (κ1) is 28.2. The molecular weight excluding hydrogens is 526 g/mol. The van der Waals surface area contributed by atoms with E-state index in [4.69, 9.17) is 9.47 Å². The van der Waals surface area contributed by atoms with Crippen LogP contribution in [0.5, 0.6) is 0 Å². The van der Waals surface area contributed by atoms with Crippen molar-refractivity contribution in [3.63, 3.8) is 0 Å². The van der Waals surface area contributed by atoms with Gasteiger partial charge in [0.05, 0.1) is 12.7 Å². The highest BCUT2D eigenvalue weighted by molar-refractivity contribution is 7.61. The summed E-state index contributed by atoms with van der Waals surface area (Å²) in [5.74, 6) is 0. The molecule has 3 heterocycles. The number of phosphoric ester groups is 2. The van der Waals surface area contributed by atoms with Crippen LogP contribution in [0.25, 0.3) is 0 Å². The van der Waals surface area contributed by atoms with Gasteiger partial charge in [0, 0.05) is 12.3 Å². The fraction of sp³-hybridized carbons (Fsp3) is 0.733. The molecular formula is C15H24N2O16P2. The van der Waals surface area contributed by atoms with E-state index in [0.29, 0.717) is 0 Å². The predicted molar refractivity (Wildman–Crippen MR) is 107 cm³/mol. The summed E-state index contributed by atoms with van der Waals surface area (Å²) in [6, 6.07) is 0.940. The monoisotopic (exact) mass is 550 g/mol. The second-order valence-electron chi connectivity index (χ2n) is 7.66. The van der Waals surface area contributed by atoms with Gasteiger partial charge in [0.15, 0.2) is 12.5 Å². The fourth-order valence-electron chi connectivity index (χ4n) is 3.30. The Hall–Kier alpha value is -1.34. The van der Waals surface area contributed by atoms with Crippen LogP contribution in [0.2, 0.25) is 0 Å². The minimum atomic E-state index is -5.50. The lowest BCUT2D eigenvalue weighted by Crippen LogP contribution is -2.57. The van der Waals surface area contributed by atoms with Crippen LogP contribution in [0.4, 0.5) is 0 Å². The van der Waals surface area contributed by atoms with Gasteiger partial charge < -0.3 is 44.8 Å². The molecule has 0 saturated carbocycles. The zero-order valence-electron chi connectivity index (χ0n) is 17.7. The van der Waals surface area contributed by atoms with Crippen molar-refractivity contribution < 1.29 is 67.3 Å². The van der Waals surface area contributed by atoms with E-state index in [2.05, 4.69) is 13.4 Å². The van der Waals surface area contributed by atoms with E-state index in [1.807, 2.05) is 4.98 Å². The van der Waals surface area contributed by atoms with Crippen LogP contribution in [0.3, 0.4) is 0 Å². The maximum atomic E-state index is 12.1. The molecule has 11 atom stereocenters. The Morgan fingerprint density at radius 3 is 2.26 bits per heavy atom. The third-order valence-corrected chi connectivity index (χ3v) is 7.72. The number of H-pyrrole nitrogens is 1. The third-order valence-electron chi connectivity index (χ3n) is 5.12. The van der Waals surface area contributed by atoms with E-state index in [0.717, 1.165) is 16.8 Å². The predicted octanol–water partition coefficient (Wildman–Crippen LogP) is -3.77.